The van der Waals surface area contributed by atoms with Gasteiger partial charge in [0.05, 0.1) is 12.0 Å². The largest absolute Gasteiger partial charge is 0.480 e. The number of carbonyl (C=O) groups is 1. The van der Waals surface area contributed by atoms with Crippen LogP contribution < -0.4 is 11.1 Å². The second-order valence-corrected chi connectivity index (χ2v) is 5.01. The van der Waals surface area contributed by atoms with Crippen LogP contribution in [0.15, 0.2) is 30.3 Å². The number of nitriles is 1. The van der Waals surface area contributed by atoms with Gasteiger partial charge < -0.3 is 16.2 Å². The van der Waals surface area contributed by atoms with Crippen molar-refractivity contribution in [1.29, 1.82) is 5.26 Å². The standard InChI is InChI=1S/C16H23N3O2/c17-10-5-4-8-15(16(20)21)19-11-9-14(12-18)13-6-2-1-3-7-13/h1-3,6-7,14-15,19H,4-5,8-11,17H2,(H,20,21)/t14?,15-/m0/s1. The minimum Gasteiger partial charge on any atom is -0.480 e. The highest BCUT2D eigenvalue weighted by Crippen LogP contribution is 2.17. The molecule has 0 bridgehead atoms. The molecule has 0 fully saturated rings. The van der Waals surface area contributed by atoms with E-state index < -0.39 is 12.0 Å². The maximum atomic E-state index is 11.2. The monoisotopic (exact) mass is 289 g/mol. The summed E-state index contributed by atoms with van der Waals surface area (Å²) in [4.78, 5) is 11.2. The molecule has 0 aromatic heterocycles. The second-order valence-electron chi connectivity index (χ2n) is 5.01. The van der Waals surface area contributed by atoms with E-state index in [2.05, 4.69) is 11.4 Å². The summed E-state index contributed by atoms with van der Waals surface area (Å²) in [6, 6.07) is 11.3. The first-order valence-corrected chi connectivity index (χ1v) is 7.30. The molecule has 0 saturated heterocycles. The average molecular weight is 289 g/mol. The van der Waals surface area contributed by atoms with Gasteiger partial charge in [0.25, 0.3) is 0 Å². The zero-order chi connectivity index (χ0) is 15.5. The first-order valence-electron chi connectivity index (χ1n) is 7.30. The van der Waals surface area contributed by atoms with Crippen molar-refractivity contribution < 1.29 is 9.90 Å². The Labute approximate surface area is 125 Å². The highest BCUT2D eigenvalue weighted by atomic mass is 16.4. The van der Waals surface area contributed by atoms with Crippen molar-refractivity contribution in [2.24, 2.45) is 5.73 Å². The molecule has 1 unspecified atom stereocenters. The molecule has 0 aliphatic carbocycles. The van der Waals surface area contributed by atoms with Crippen molar-refractivity contribution in [2.75, 3.05) is 13.1 Å². The van der Waals surface area contributed by atoms with Gasteiger partial charge in [-0.25, -0.2) is 0 Å². The number of aliphatic carboxylic acids is 1. The van der Waals surface area contributed by atoms with E-state index in [9.17, 15) is 10.1 Å². The average Bonchev–Trinajstić information content (AvgIpc) is 2.50. The van der Waals surface area contributed by atoms with Gasteiger partial charge in [0, 0.05) is 0 Å². The van der Waals surface area contributed by atoms with Crippen molar-refractivity contribution >= 4 is 5.97 Å². The minimum absolute atomic E-state index is 0.211. The van der Waals surface area contributed by atoms with Crippen LogP contribution in [0.3, 0.4) is 0 Å². The number of nitrogens with one attached hydrogen (secondary N) is 1. The Kier molecular flexibility index (Phi) is 8.10. The fourth-order valence-electron chi connectivity index (χ4n) is 2.20. The molecular weight excluding hydrogens is 266 g/mol. The molecule has 1 aromatic rings. The van der Waals surface area contributed by atoms with E-state index in [-0.39, 0.29) is 5.92 Å². The molecule has 0 saturated carbocycles. The summed E-state index contributed by atoms with van der Waals surface area (Å²) in [6.07, 6.45) is 2.79. The van der Waals surface area contributed by atoms with Crippen LogP contribution in [-0.4, -0.2) is 30.2 Å². The summed E-state index contributed by atoms with van der Waals surface area (Å²) in [5, 5.41) is 21.4. The zero-order valence-corrected chi connectivity index (χ0v) is 12.2. The maximum Gasteiger partial charge on any atom is 0.320 e. The first kappa shape index (κ1) is 17.2. The Morgan fingerprint density at radius 2 is 2.00 bits per heavy atom. The smallest absolute Gasteiger partial charge is 0.320 e. The number of unbranched alkanes of at least 4 members (excludes halogenated alkanes) is 1. The van der Waals surface area contributed by atoms with Crippen LogP contribution in [0.1, 0.15) is 37.2 Å². The number of hydrogen-bond donors (Lipinski definition) is 3. The fraction of sp³-hybridized carbons (Fsp3) is 0.500. The van der Waals surface area contributed by atoms with Gasteiger partial charge in [-0.15, -0.1) is 0 Å². The van der Waals surface area contributed by atoms with E-state index in [0.717, 1.165) is 18.4 Å². The van der Waals surface area contributed by atoms with Crippen LogP contribution in [0, 0.1) is 11.3 Å². The van der Waals surface area contributed by atoms with Gasteiger partial charge in [-0.2, -0.15) is 5.26 Å². The van der Waals surface area contributed by atoms with Gasteiger partial charge in [-0.05, 0) is 37.9 Å². The molecule has 0 spiro atoms. The lowest BCUT2D eigenvalue weighted by atomic mass is 9.97. The number of benzene rings is 1. The van der Waals surface area contributed by atoms with Crippen LogP contribution in [0.5, 0.6) is 0 Å². The fourth-order valence-corrected chi connectivity index (χ4v) is 2.20. The van der Waals surface area contributed by atoms with E-state index >= 15 is 0 Å². The Hall–Kier alpha value is -1.90. The maximum absolute atomic E-state index is 11.2. The molecule has 0 aliphatic heterocycles. The Bertz CT molecular complexity index is 456. The van der Waals surface area contributed by atoms with Crippen LogP contribution in [0.25, 0.3) is 0 Å². The van der Waals surface area contributed by atoms with Gasteiger partial charge >= 0.3 is 5.97 Å². The third-order valence-corrected chi connectivity index (χ3v) is 3.43. The number of rotatable bonds is 10. The minimum atomic E-state index is -0.847. The van der Waals surface area contributed by atoms with Crippen LogP contribution in [0.2, 0.25) is 0 Å². The molecule has 1 rings (SSSR count). The van der Waals surface area contributed by atoms with Crippen molar-refractivity contribution in [1.82, 2.24) is 5.32 Å². The van der Waals surface area contributed by atoms with Gasteiger partial charge in [-0.1, -0.05) is 36.8 Å². The molecule has 0 heterocycles. The molecular formula is C16H23N3O2. The first-order chi connectivity index (χ1) is 10.2. The lowest BCUT2D eigenvalue weighted by Crippen LogP contribution is -2.37. The molecule has 0 radical (unpaired) electrons. The molecule has 5 nitrogen and oxygen atoms in total. The molecule has 0 amide bonds. The van der Waals surface area contributed by atoms with E-state index in [0.29, 0.717) is 25.9 Å². The molecule has 2 atom stereocenters. The summed E-state index contributed by atoms with van der Waals surface area (Å²) in [6.45, 7) is 1.09. The normalized spacial score (nSPS) is 13.3. The highest BCUT2D eigenvalue weighted by Gasteiger charge is 2.17. The second kappa shape index (κ2) is 9.92. The predicted octanol–water partition coefficient (Wildman–Crippen LogP) is 1.86. The number of carboxylic acids is 1. The molecule has 1 aromatic carbocycles. The Morgan fingerprint density at radius 3 is 2.57 bits per heavy atom. The van der Waals surface area contributed by atoms with Crippen molar-refractivity contribution in [3.63, 3.8) is 0 Å². The van der Waals surface area contributed by atoms with Crippen LogP contribution in [0.4, 0.5) is 0 Å². The van der Waals surface area contributed by atoms with Crippen molar-refractivity contribution in [3.8, 4) is 6.07 Å². The summed E-state index contributed by atoms with van der Waals surface area (Å²) in [5.74, 6) is -1.06. The topological polar surface area (TPSA) is 99.1 Å². The lowest BCUT2D eigenvalue weighted by molar-refractivity contribution is -0.139. The molecule has 4 N–H and O–H groups in total. The molecule has 5 heteroatoms. The summed E-state index contributed by atoms with van der Waals surface area (Å²) in [5.41, 5.74) is 6.38. The number of nitrogens with zero attached hydrogens (tertiary/aromatic N) is 1. The van der Waals surface area contributed by atoms with Gasteiger partial charge in [0.15, 0.2) is 0 Å². The zero-order valence-electron chi connectivity index (χ0n) is 12.2. The van der Waals surface area contributed by atoms with Crippen molar-refractivity contribution in [3.05, 3.63) is 35.9 Å². The summed E-state index contributed by atoms with van der Waals surface area (Å²) >= 11 is 0. The highest BCUT2D eigenvalue weighted by molar-refractivity contribution is 5.73. The van der Waals surface area contributed by atoms with Gasteiger partial charge in [0.1, 0.15) is 6.04 Å². The predicted molar refractivity (Wildman–Crippen MR) is 81.7 cm³/mol. The SMILES string of the molecule is N#CC(CCN[C@@H](CCCCN)C(=O)O)c1ccccc1. The van der Waals surface area contributed by atoms with E-state index in [4.69, 9.17) is 10.8 Å². The van der Waals surface area contributed by atoms with Crippen LogP contribution >= 0.6 is 0 Å². The van der Waals surface area contributed by atoms with E-state index in [1.807, 2.05) is 30.3 Å². The van der Waals surface area contributed by atoms with E-state index in [1.54, 1.807) is 0 Å². The number of nitrogens with two attached hydrogens (primary N) is 1. The van der Waals surface area contributed by atoms with Gasteiger partial charge in [0.2, 0.25) is 0 Å². The lowest BCUT2D eigenvalue weighted by Gasteiger charge is -2.16. The molecule has 0 aliphatic rings. The summed E-state index contributed by atoms with van der Waals surface area (Å²) in [7, 11) is 0. The quantitative estimate of drug-likeness (QED) is 0.571. The van der Waals surface area contributed by atoms with Gasteiger partial charge in [-0.3, -0.25) is 4.79 Å². The van der Waals surface area contributed by atoms with Crippen molar-refractivity contribution in [2.45, 2.75) is 37.6 Å². The summed E-state index contributed by atoms with van der Waals surface area (Å²) < 4.78 is 0. The third-order valence-electron chi connectivity index (χ3n) is 3.43. The Balaban J connectivity index is 2.42. The van der Waals surface area contributed by atoms with E-state index in [1.165, 1.54) is 0 Å². The number of hydrogen-bond acceptors (Lipinski definition) is 4. The third kappa shape index (κ3) is 6.39. The molecule has 21 heavy (non-hydrogen) atoms. The number of carboxylic acid groups (broad SMARTS) is 1. The molecule has 114 valence electrons. The van der Waals surface area contributed by atoms with Crippen LogP contribution in [-0.2, 0) is 4.79 Å². The Morgan fingerprint density at radius 1 is 1.29 bits per heavy atom.